The molecule has 6 nitrogen and oxygen atoms in total. The van der Waals surface area contributed by atoms with Crippen molar-refractivity contribution in [2.45, 2.75) is 45.3 Å². The highest BCUT2D eigenvalue weighted by molar-refractivity contribution is 7.16. The zero-order chi connectivity index (χ0) is 20.5. The van der Waals surface area contributed by atoms with Crippen molar-refractivity contribution < 1.29 is 5.11 Å². The van der Waals surface area contributed by atoms with Crippen molar-refractivity contribution in [2.75, 3.05) is 31.1 Å². The van der Waals surface area contributed by atoms with Gasteiger partial charge in [0.2, 0.25) is 0 Å². The minimum atomic E-state index is -0.620. The van der Waals surface area contributed by atoms with Crippen molar-refractivity contribution in [1.29, 1.82) is 0 Å². The monoisotopic (exact) mass is 435 g/mol. The number of hydrogen-bond acceptors (Lipinski definition) is 5. The Labute approximate surface area is 182 Å². The molecule has 0 aliphatic carbocycles. The fraction of sp³-hybridized carbons (Fsp3) is 0.524. The minimum absolute atomic E-state index is 0.370. The summed E-state index contributed by atoms with van der Waals surface area (Å²) in [5.41, 5.74) is 1.06. The third-order valence-corrected chi connectivity index (χ3v) is 6.22. The lowest BCUT2D eigenvalue weighted by Crippen LogP contribution is -2.39. The predicted octanol–water partition coefficient (Wildman–Crippen LogP) is 3.97. The molecule has 3 N–H and O–H groups in total. The molecule has 0 saturated carbocycles. The maximum absolute atomic E-state index is 10.3. The molecule has 29 heavy (non-hydrogen) atoms. The molecule has 0 bridgehead atoms. The quantitative estimate of drug-likeness (QED) is 0.453. The van der Waals surface area contributed by atoms with E-state index in [0.717, 1.165) is 35.9 Å². The normalized spacial score (nSPS) is 16.4. The SMILES string of the molecule is CCNC(=NCc1ccc(N2CCCCCC2)nc1)NCC(O)c1ccc(Cl)s1. The number of guanidine groups is 1. The Morgan fingerprint density at radius 1 is 1.21 bits per heavy atom. The number of halogens is 1. The number of thiophene rings is 1. The van der Waals surface area contributed by atoms with E-state index < -0.39 is 6.10 Å². The Morgan fingerprint density at radius 3 is 2.62 bits per heavy atom. The molecule has 1 aliphatic heterocycles. The average Bonchev–Trinajstić information content (AvgIpc) is 3.00. The molecule has 3 rings (SSSR count). The van der Waals surface area contributed by atoms with E-state index in [0.29, 0.717) is 23.4 Å². The fourth-order valence-electron chi connectivity index (χ4n) is 3.31. The van der Waals surface area contributed by atoms with Crippen LogP contribution in [0.1, 0.15) is 49.2 Å². The molecule has 1 fully saturated rings. The Kier molecular flexibility index (Phi) is 8.58. The Balaban J connectivity index is 1.54. The summed E-state index contributed by atoms with van der Waals surface area (Å²) in [6.07, 6.45) is 6.42. The van der Waals surface area contributed by atoms with Crippen LogP contribution in [-0.4, -0.2) is 42.2 Å². The van der Waals surface area contributed by atoms with Crippen LogP contribution in [0, 0.1) is 0 Å². The van der Waals surface area contributed by atoms with Gasteiger partial charge in [0.15, 0.2) is 5.96 Å². The van der Waals surface area contributed by atoms with E-state index in [4.69, 9.17) is 11.6 Å². The molecular weight excluding hydrogens is 406 g/mol. The van der Waals surface area contributed by atoms with Crippen molar-refractivity contribution in [3.8, 4) is 0 Å². The van der Waals surface area contributed by atoms with E-state index >= 15 is 0 Å². The standard InChI is InChI=1S/C21H30ClN5OS/c1-2-23-21(26-15-17(28)18-8-9-19(22)29-18)25-14-16-7-10-20(24-13-16)27-11-5-3-4-6-12-27/h7-10,13,17,28H,2-6,11-12,14-15H2,1H3,(H2,23,25,26). The molecule has 3 heterocycles. The summed E-state index contributed by atoms with van der Waals surface area (Å²) in [4.78, 5) is 12.5. The highest BCUT2D eigenvalue weighted by Gasteiger charge is 2.12. The molecule has 1 aliphatic rings. The minimum Gasteiger partial charge on any atom is -0.386 e. The van der Waals surface area contributed by atoms with E-state index in [1.165, 1.54) is 37.0 Å². The van der Waals surface area contributed by atoms with E-state index in [9.17, 15) is 5.11 Å². The molecule has 2 aromatic heterocycles. The summed E-state index contributed by atoms with van der Waals surface area (Å²) < 4.78 is 0.677. The van der Waals surface area contributed by atoms with Crippen LogP contribution < -0.4 is 15.5 Å². The number of aromatic nitrogens is 1. The molecule has 1 saturated heterocycles. The van der Waals surface area contributed by atoms with Gasteiger partial charge in [0.1, 0.15) is 11.9 Å². The van der Waals surface area contributed by atoms with Crippen molar-refractivity contribution in [1.82, 2.24) is 15.6 Å². The van der Waals surface area contributed by atoms with Gasteiger partial charge in [-0.1, -0.05) is 30.5 Å². The number of pyridine rings is 1. The number of nitrogens with one attached hydrogen (secondary N) is 2. The Hall–Kier alpha value is -1.83. The predicted molar refractivity (Wildman–Crippen MR) is 122 cm³/mol. The first kappa shape index (κ1) is 21.9. The van der Waals surface area contributed by atoms with Crippen LogP contribution >= 0.6 is 22.9 Å². The number of aliphatic hydroxyl groups is 1. The van der Waals surface area contributed by atoms with E-state index in [2.05, 4.69) is 37.6 Å². The molecule has 1 unspecified atom stereocenters. The van der Waals surface area contributed by atoms with E-state index in [1.807, 2.05) is 19.2 Å². The largest absolute Gasteiger partial charge is 0.386 e. The highest BCUT2D eigenvalue weighted by atomic mass is 35.5. The maximum Gasteiger partial charge on any atom is 0.191 e. The molecule has 0 radical (unpaired) electrons. The van der Waals surface area contributed by atoms with Crippen LogP contribution in [0.5, 0.6) is 0 Å². The molecular formula is C21H30ClN5OS. The zero-order valence-corrected chi connectivity index (χ0v) is 18.5. The van der Waals surface area contributed by atoms with Crippen LogP contribution in [0.2, 0.25) is 4.34 Å². The highest BCUT2D eigenvalue weighted by Crippen LogP contribution is 2.26. The van der Waals surface area contributed by atoms with Gasteiger partial charge in [-0.05, 0) is 43.5 Å². The lowest BCUT2D eigenvalue weighted by atomic mass is 10.2. The van der Waals surface area contributed by atoms with Gasteiger partial charge in [0, 0.05) is 37.3 Å². The van der Waals surface area contributed by atoms with E-state index in [-0.39, 0.29) is 0 Å². The van der Waals surface area contributed by atoms with Gasteiger partial charge >= 0.3 is 0 Å². The molecule has 8 heteroatoms. The van der Waals surface area contributed by atoms with Gasteiger partial charge in [-0.15, -0.1) is 11.3 Å². The Bertz CT molecular complexity index is 772. The summed E-state index contributed by atoms with van der Waals surface area (Å²) in [6, 6.07) is 7.84. The van der Waals surface area contributed by atoms with E-state index in [1.54, 1.807) is 6.07 Å². The fourth-order valence-corrected chi connectivity index (χ4v) is 4.36. The molecule has 1 atom stereocenters. The second-order valence-corrected chi connectivity index (χ2v) is 8.91. The maximum atomic E-state index is 10.3. The van der Waals surface area contributed by atoms with Crippen LogP contribution in [-0.2, 0) is 6.54 Å². The zero-order valence-electron chi connectivity index (χ0n) is 16.9. The first-order valence-corrected chi connectivity index (χ1v) is 11.5. The lowest BCUT2D eigenvalue weighted by Gasteiger charge is -2.21. The van der Waals surface area contributed by atoms with Crippen molar-refractivity contribution in [3.05, 3.63) is 45.2 Å². The first-order chi connectivity index (χ1) is 14.2. The topological polar surface area (TPSA) is 72.8 Å². The summed E-state index contributed by atoms with van der Waals surface area (Å²) in [6.45, 7) is 5.86. The second kappa shape index (κ2) is 11.4. The number of aliphatic imine (C=N–C) groups is 1. The summed E-state index contributed by atoms with van der Waals surface area (Å²) in [5.74, 6) is 1.73. The summed E-state index contributed by atoms with van der Waals surface area (Å²) >= 11 is 7.33. The van der Waals surface area contributed by atoms with Gasteiger partial charge < -0.3 is 20.6 Å². The van der Waals surface area contributed by atoms with Gasteiger partial charge in [-0.3, -0.25) is 0 Å². The number of aliphatic hydroxyl groups excluding tert-OH is 1. The average molecular weight is 436 g/mol. The van der Waals surface area contributed by atoms with Crippen molar-refractivity contribution in [3.63, 3.8) is 0 Å². The summed E-state index contributed by atoms with van der Waals surface area (Å²) in [5, 5.41) is 16.7. The van der Waals surface area contributed by atoms with Gasteiger partial charge in [-0.25, -0.2) is 9.98 Å². The van der Waals surface area contributed by atoms with Crippen molar-refractivity contribution in [2.24, 2.45) is 4.99 Å². The molecule has 0 spiro atoms. The molecule has 0 aromatic carbocycles. The van der Waals surface area contributed by atoms with Crippen LogP contribution in [0.3, 0.4) is 0 Å². The molecule has 2 aromatic rings. The number of rotatable bonds is 7. The van der Waals surface area contributed by atoms with Gasteiger partial charge in [-0.2, -0.15) is 0 Å². The second-order valence-electron chi connectivity index (χ2n) is 7.16. The number of nitrogens with zero attached hydrogens (tertiary/aromatic N) is 3. The molecule has 0 amide bonds. The molecule has 158 valence electrons. The van der Waals surface area contributed by atoms with Crippen LogP contribution in [0.4, 0.5) is 5.82 Å². The van der Waals surface area contributed by atoms with Crippen molar-refractivity contribution >= 4 is 34.7 Å². The lowest BCUT2D eigenvalue weighted by molar-refractivity contribution is 0.184. The number of anilines is 1. The van der Waals surface area contributed by atoms with Gasteiger partial charge in [0.25, 0.3) is 0 Å². The van der Waals surface area contributed by atoms with Crippen LogP contribution in [0.25, 0.3) is 0 Å². The Morgan fingerprint density at radius 2 is 2.00 bits per heavy atom. The van der Waals surface area contributed by atoms with Crippen LogP contribution in [0.15, 0.2) is 35.5 Å². The number of hydrogen-bond donors (Lipinski definition) is 3. The third-order valence-electron chi connectivity index (χ3n) is 4.89. The first-order valence-electron chi connectivity index (χ1n) is 10.3. The third kappa shape index (κ3) is 6.87. The smallest absolute Gasteiger partial charge is 0.191 e. The van der Waals surface area contributed by atoms with Gasteiger partial charge in [0.05, 0.1) is 10.9 Å². The summed E-state index contributed by atoms with van der Waals surface area (Å²) in [7, 11) is 0.